The third kappa shape index (κ3) is 6.11. The molecule has 7 heteroatoms. The van der Waals surface area contributed by atoms with Crippen LogP contribution in [0.2, 0.25) is 0 Å². The van der Waals surface area contributed by atoms with Crippen LogP contribution in [-0.4, -0.2) is 25.3 Å². The van der Waals surface area contributed by atoms with Crippen LogP contribution in [0.15, 0.2) is 22.7 Å². The van der Waals surface area contributed by atoms with Crippen LogP contribution in [0.5, 0.6) is 0 Å². The second-order valence-electron chi connectivity index (χ2n) is 3.55. The summed E-state index contributed by atoms with van der Waals surface area (Å²) in [6.45, 7) is 0.722. The topological polar surface area (TPSA) is 66.4 Å². The SMILES string of the molecule is O=S(=O)(O)CCCNCc1ccc(Br)cc1F. The molecule has 0 aliphatic rings. The number of hydrogen-bond donors (Lipinski definition) is 2. The molecule has 0 saturated heterocycles. The van der Waals surface area contributed by atoms with Crippen molar-refractivity contribution in [1.82, 2.24) is 5.32 Å². The van der Waals surface area contributed by atoms with Crippen LogP contribution in [0.4, 0.5) is 4.39 Å². The molecule has 1 aromatic rings. The van der Waals surface area contributed by atoms with Gasteiger partial charge in [0, 0.05) is 16.6 Å². The lowest BCUT2D eigenvalue weighted by atomic mass is 10.2. The van der Waals surface area contributed by atoms with Crippen LogP contribution in [0, 0.1) is 5.82 Å². The van der Waals surface area contributed by atoms with Gasteiger partial charge in [0.05, 0.1) is 5.75 Å². The molecule has 2 N–H and O–H groups in total. The number of halogens is 2. The van der Waals surface area contributed by atoms with Gasteiger partial charge in [-0.3, -0.25) is 4.55 Å². The molecule has 17 heavy (non-hydrogen) atoms. The van der Waals surface area contributed by atoms with Gasteiger partial charge < -0.3 is 5.32 Å². The lowest BCUT2D eigenvalue weighted by molar-refractivity contribution is 0.479. The Morgan fingerprint density at radius 3 is 2.71 bits per heavy atom. The average molecular weight is 326 g/mol. The van der Waals surface area contributed by atoms with E-state index in [0.29, 0.717) is 23.1 Å². The largest absolute Gasteiger partial charge is 0.313 e. The number of hydrogen-bond acceptors (Lipinski definition) is 3. The van der Waals surface area contributed by atoms with Crippen LogP contribution in [0.3, 0.4) is 0 Å². The van der Waals surface area contributed by atoms with Crippen LogP contribution in [-0.2, 0) is 16.7 Å². The molecule has 0 atom stereocenters. The molecule has 0 aliphatic carbocycles. The summed E-state index contributed by atoms with van der Waals surface area (Å²) < 4.78 is 43.3. The first kappa shape index (κ1) is 14.6. The molecule has 0 amide bonds. The molecule has 0 fully saturated rings. The summed E-state index contributed by atoms with van der Waals surface area (Å²) in [4.78, 5) is 0. The fourth-order valence-electron chi connectivity index (χ4n) is 1.27. The summed E-state index contributed by atoms with van der Waals surface area (Å²) in [5, 5.41) is 2.90. The van der Waals surface area contributed by atoms with Gasteiger partial charge in [-0.15, -0.1) is 0 Å². The predicted molar refractivity (Wildman–Crippen MR) is 66.8 cm³/mol. The number of rotatable bonds is 6. The van der Waals surface area contributed by atoms with E-state index in [0.717, 1.165) is 0 Å². The third-order valence-electron chi connectivity index (χ3n) is 2.09. The van der Waals surface area contributed by atoms with Gasteiger partial charge in [-0.1, -0.05) is 22.0 Å². The Kier molecular flexibility index (Phi) is 5.51. The second kappa shape index (κ2) is 6.44. The molecule has 0 saturated carbocycles. The van der Waals surface area contributed by atoms with Crippen molar-refractivity contribution in [2.24, 2.45) is 0 Å². The quantitative estimate of drug-likeness (QED) is 0.619. The Morgan fingerprint density at radius 2 is 2.12 bits per heavy atom. The second-order valence-corrected chi connectivity index (χ2v) is 6.04. The minimum atomic E-state index is -3.90. The van der Waals surface area contributed by atoms with Crippen molar-refractivity contribution >= 4 is 26.0 Å². The molecule has 4 nitrogen and oxygen atoms in total. The van der Waals surface area contributed by atoms with E-state index in [1.54, 1.807) is 12.1 Å². The molecular weight excluding hydrogens is 313 g/mol. The highest BCUT2D eigenvalue weighted by Crippen LogP contribution is 2.14. The van der Waals surface area contributed by atoms with Crippen molar-refractivity contribution in [1.29, 1.82) is 0 Å². The van der Waals surface area contributed by atoms with Gasteiger partial charge in [0.15, 0.2) is 0 Å². The predicted octanol–water partition coefficient (Wildman–Crippen LogP) is 1.96. The van der Waals surface area contributed by atoms with Gasteiger partial charge in [-0.05, 0) is 25.1 Å². The van der Waals surface area contributed by atoms with E-state index in [2.05, 4.69) is 21.2 Å². The zero-order chi connectivity index (χ0) is 12.9. The van der Waals surface area contributed by atoms with Crippen molar-refractivity contribution in [2.45, 2.75) is 13.0 Å². The molecule has 0 aliphatic heterocycles. The molecule has 0 spiro atoms. The molecule has 0 aromatic heterocycles. The maximum atomic E-state index is 13.3. The van der Waals surface area contributed by atoms with E-state index in [1.165, 1.54) is 6.07 Å². The molecule has 0 unspecified atom stereocenters. The smallest absolute Gasteiger partial charge is 0.264 e. The van der Waals surface area contributed by atoms with Crippen LogP contribution < -0.4 is 5.32 Å². The first-order chi connectivity index (χ1) is 7.88. The minimum absolute atomic E-state index is 0.289. The lowest BCUT2D eigenvalue weighted by Crippen LogP contribution is -2.18. The summed E-state index contributed by atoms with van der Waals surface area (Å²) in [6, 6.07) is 4.75. The van der Waals surface area contributed by atoms with Gasteiger partial charge in [-0.25, -0.2) is 4.39 Å². The van der Waals surface area contributed by atoms with Crippen LogP contribution in [0.1, 0.15) is 12.0 Å². The highest BCUT2D eigenvalue weighted by atomic mass is 79.9. The van der Waals surface area contributed by atoms with Gasteiger partial charge in [0.25, 0.3) is 10.1 Å². The summed E-state index contributed by atoms with van der Waals surface area (Å²) >= 11 is 3.16. The molecule has 1 rings (SSSR count). The molecule has 96 valence electrons. The highest BCUT2D eigenvalue weighted by molar-refractivity contribution is 9.10. The molecule has 0 radical (unpaired) electrons. The summed E-state index contributed by atoms with van der Waals surface area (Å²) in [6.07, 6.45) is 0.289. The van der Waals surface area contributed by atoms with Crippen molar-refractivity contribution in [3.8, 4) is 0 Å². The Morgan fingerprint density at radius 1 is 1.41 bits per heavy atom. The fourth-order valence-corrected chi connectivity index (χ4v) is 2.11. The minimum Gasteiger partial charge on any atom is -0.313 e. The Hall–Kier alpha value is -0.500. The van der Waals surface area contributed by atoms with Crippen LogP contribution >= 0.6 is 15.9 Å². The highest BCUT2D eigenvalue weighted by Gasteiger charge is 2.04. The van der Waals surface area contributed by atoms with Gasteiger partial charge in [0.2, 0.25) is 0 Å². The number of benzene rings is 1. The van der Waals surface area contributed by atoms with E-state index < -0.39 is 10.1 Å². The Labute approximate surface area is 108 Å². The average Bonchev–Trinajstić information content (AvgIpc) is 2.18. The van der Waals surface area contributed by atoms with Gasteiger partial charge >= 0.3 is 0 Å². The normalized spacial score (nSPS) is 11.7. The van der Waals surface area contributed by atoms with Crippen molar-refractivity contribution < 1.29 is 17.4 Å². The zero-order valence-electron chi connectivity index (χ0n) is 8.99. The van der Waals surface area contributed by atoms with Crippen molar-refractivity contribution in [2.75, 3.05) is 12.3 Å². The maximum absolute atomic E-state index is 13.3. The fraction of sp³-hybridized carbons (Fsp3) is 0.400. The summed E-state index contributed by atoms with van der Waals surface area (Å²) in [7, 11) is -3.90. The summed E-state index contributed by atoms with van der Waals surface area (Å²) in [5.41, 5.74) is 0.514. The molecule has 1 aromatic carbocycles. The number of nitrogens with one attached hydrogen (secondary N) is 1. The zero-order valence-corrected chi connectivity index (χ0v) is 11.4. The van der Waals surface area contributed by atoms with E-state index >= 15 is 0 Å². The van der Waals surface area contributed by atoms with Crippen molar-refractivity contribution in [3.63, 3.8) is 0 Å². The Balaban J connectivity index is 2.32. The summed E-state index contributed by atoms with van der Waals surface area (Å²) in [5.74, 6) is -0.607. The monoisotopic (exact) mass is 325 g/mol. The molecule has 0 bridgehead atoms. The van der Waals surface area contributed by atoms with E-state index in [4.69, 9.17) is 4.55 Å². The first-order valence-electron chi connectivity index (χ1n) is 4.98. The maximum Gasteiger partial charge on any atom is 0.264 e. The molecule has 0 heterocycles. The van der Waals surface area contributed by atoms with Gasteiger partial charge in [-0.2, -0.15) is 8.42 Å². The van der Waals surface area contributed by atoms with Crippen molar-refractivity contribution in [3.05, 3.63) is 34.1 Å². The lowest BCUT2D eigenvalue weighted by Gasteiger charge is -2.05. The van der Waals surface area contributed by atoms with E-state index in [9.17, 15) is 12.8 Å². The first-order valence-corrected chi connectivity index (χ1v) is 7.38. The third-order valence-corrected chi connectivity index (χ3v) is 3.38. The van der Waals surface area contributed by atoms with E-state index in [1.807, 2.05) is 0 Å². The van der Waals surface area contributed by atoms with E-state index in [-0.39, 0.29) is 18.0 Å². The van der Waals surface area contributed by atoms with Gasteiger partial charge in [0.1, 0.15) is 5.82 Å². The van der Waals surface area contributed by atoms with Crippen LogP contribution in [0.25, 0.3) is 0 Å². The standard InChI is InChI=1S/C10H13BrFNO3S/c11-9-3-2-8(10(12)6-9)7-13-4-1-5-17(14,15)16/h2-3,6,13H,1,4-5,7H2,(H,14,15,16). The molecular formula is C10H13BrFNO3S. The Bertz CT molecular complexity index is 478.